The van der Waals surface area contributed by atoms with Crippen molar-refractivity contribution >= 4 is 5.91 Å². The molecule has 10 nitrogen and oxygen atoms in total. The van der Waals surface area contributed by atoms with Gasteiger partial charge in [0.05, 0.1) is 37.9 Å². The fourth-order valence-electron chi connectivity index (χ4n) is 6.97. The Bertz CT molecular complexity index is 2370. The lowest BCUT2D eigenvalue weighted by Gasteiger charge is -2.43. The number of nitrogens with zero attached hydrogens (tertiary/aromatic N) is 3. The number of carbonyl (C=O) groups is 1. The summed E-state index contributed by atoms with van der Waals surface area (Å²) in [6.45, 7) is 10.1. The van der Waals surface area contributed by atoms with Crippen molar-refractivity contribution in [3.63, 3.8) is 0 Å². The highest BCUT2D eigenvalue weighted by molar-refractivity contribution is 5.79. The smallest absolute Gasteiger partial charge is 0.232 e. The van der Waals surface area contributed by atoms with Gasteiger partial charge in [0, 0.05) is 59.5 Å². The summed E-state index contributed by atoms with van der Waals surface area (Å²) in [5, 5.41) is 28.9. The van der Waals surface area contributed by atoms with E-state index in [4.69, 9.17) is 26.2 Å². The monoisotopic (exact) mass is 929 g/mol. The molecule has 0 aromatic carbocycles. The highest BCUT2D eigenvalue weighted by atomic mass is 16.7. The second-order valence-electron chi connectivity index (χ2n) is 16.4. The number of amides is 1. The summed E-state index contributed by atoms with van der Waals surface area (Å²) in [6, 6.07) is -0.916. The Kier molecular flexibility index (Phi) is 38.3. The Hall–Kier alpha value is -6.70. The highest BCUT2D eigenvalue weighted by Gasteiger charge is 2.40. The van der Waals surface area contributed by atoms with Crippen molar-refractivity contribution in [3.8, 4) is 143 Å². The zero-order valence-corrected chi connectivity index (χ0v) is 41.1. The Morgan fingerprint density at radius 3 is 1.62 bits per heavy atom. The van der Waals surface area contributed by atoms with Gasteiger partial charge >= 0.3 is 0 Å². The number of hydrogen-bond donors (Lipinski definition) is 3. The van der Waals surface area contributed by atoms with Gasteiger partial charge in [0.1, 0.15) is 6.10 Å². The third kappa shape index (κ3) is 33.4. The van der Waals surface area contributed by atoms with Crippen molar-refractivity contribution in [2.45, 2.75) is 174 Å². The summed E-state index contributed by atoms with van der Waals surface area (Å²) >= 11 is 0. The maximum Gasteiger partial charge on any atom is 0.232 e. The van der Waals surface area contributed by atoms with Crippen LogP contribution in [0.2, 0.25) is 0 Å². The number of unbranched alkanes of at least 4 members (excludes halogenated alkanes) is 14. The van der Waals surface area contributed by atoms with Crippen LogP contribution in [-0.2, 0) is 19.0 Å². The fourth-order valence-corrected chi connectivity index (χ4v) is 6.97. The van der Waals surface area contributed by atoms with Crippen molar-refractivity contribution in [2.24, 2.45) is 22.9 Å². The van der Waals surface area contributed by atoms with E-state index in [2.05, 4.69) is 179 Å². The second-order valence-corrected chi connectivity index (χ2v) is 16.4. The van der Waals surface area contributed by atoms with Crippen molar-refractivity contribution in [2.75, 3.05) is 26.4 Å². The maximum atomic E-state index is 13.1. The standard InChI is InChI=1S/C59H68N4O6/c1-6-8-10-12-14-16-18-20-21-22-23-24-25-26-27-28-29-30-32-34-36-38-42-46-57(65)62-54(58(66)55(64)45-41-37-35-33-31-19-17-15-13-11-9-7-2)49-68-59-53(5)51(3)52(4)56(69-59)50-67-48-44-40-39-43-47-61-63-60/h1,51-56,58-59,64,66H,7,9,11,13,15,17,19,31,33,35,37,39-41,43-50H2,2-5H3,(H,62,65)/t51-,52+,53?,54-,55+,56?,58-,59-/m0/s1. The van der Waals surface area contributed by atoms with Crippen LogP contribution in [0.25, 0.3) is 10.4 Å². The van der Waals surface area contributed by atoms with Crippen LogP contribution in [-0.4, -0.2) is 73.1 Å². The minimum atomic E-state index is -1.28. The second kappa shape index (κ2) is 43.8. The molecule has 1 heterocycles. The predicted molar refractivity (Wildman–Crippen MR) is 274 cm³/mol. The molecular weight excluding hydrogens is 861 g/mol. The molecule has 0 aliphatic carbocycles. The minimum Gasteiger partial charge on any atom is -0.390 e. The molecule has 360 valence electrons. The van der Waals surface area contributed by atoms with Crippen molar-refractivity contribution < 1.29 is 29.2 Å². The molecule has 1 amide bonds. The lowest BCUT2D eigenvalue weighted by atomic mass is 9.79. The molecule has 0 radical (unpaired) electrons. The van der Waals surface area contributed by atoms with Crippen LogP contribution in [0, 0.1) is 160 Å². The van der Waals surface area contributed by atoms with Crippen LogP contribution in [0.3, 0.4) is 0 Å². The first-order valence-corrected chi connectivity index (χ1v) is 24.2. The average Bonchev–Trinajstić information content (AvgIpc) is 3.35. The molecule has 1 fully saturated rings. The molecule has 8 atom stereocenters. The van der Waals surface area contributed by atoms with E-state index in [-0.39, 0.29) is 36.9 Å². The molecule has 10 heteroatoms. The number of terminal acetylenes is 1. The molecular formula is C59H68N4O6. The topological polar surface area (TPSA) is 146 Å². The summed E-state index contributed by atoms with van der Waals surface area (Å²) in [7, 11) is 0. The van der Waals surface area contributed by atoms with E-state index in [1.54, 1.807) is 0 Å². The number of carbonyl (C=O) groups excluding carboxylic acids is 1. The van der Waals surface area contributed by atoms with Crippen molar-refractivity contribution in [1.82, 2.24) is 5.32 Å². The van der Waals surface area contributed by atoms with E-state index >= 15 is 0 Å². The largest absolute Gasteiger partial charge is 0.390 e. The molecule has 0 spiro atoms. The average molecular weight is 929 g/mol. The number of ether oxygens (including phenoxy) is 3. The number of nitrogens with one attached hydrogen (secondary N) is 1. The summed E-state index contributed by atoms with van der Waals surface area (Å²) in [6.07, 6.45) is 20.1. The van der Waals surface area contributed by atoms with Gasteiger partial charge in [-0.3, -0.25) is 4.79 Å². The van der Waals surface area contributed by atoms with E-state index < -0.39 is 30.4 Å². The van der Waals surface area contributed by atoms with Gasteiger partial charge in [-0.1, -0.05) is 129 Å². The normalized spacial score (nSPS) is 16.9. The zero-order chi connectivity index (χ0) is 50.3. The lowest BCUT2D eigenvalue weighted by molar-refractivity contribution is -0.260. The molecule has 0 saturated carbocycles. The van der Waals surface area contributed by atoms with Crippen molar-refractivity contribution in [3.05, 3.63) is 10.4 Å². The molecule has 3 N–H and O–H groups in total. The van der Waals surface area contributed by atoms with E-state index in [9.17, 15) is 15.0 Å². The molecule has 1 rings (SSSR count). The third-order valence-corrected chi connectivity index (χ3v) is 11.2. The van der Waals surface area contributed by atoms with Gasteiger partial charge in [-0.05, 0) is 131 Å². The first-order valence-electron chi connectivity index (χ1n) is 24.2. The number of hydrogen-bond acceptors (Lipinski definition) is 7. The van der Waals surface area contributed by atoms with E-state index in [0.29, 0.717) is 26.2 Å². The summed E-state index contributed by atoms with van der Waals surface area (Å²) < 4.78 is 18.8. The number of azide groups is 1. The summed E-state index contributed by atoms with van der Waals surface area (Å²) in [4.78, 5) is 15.9. The molecule has 69 heavy (non-hydrogen) atoms. The van der Waals surface area contributed by atoms with Gasteiger partial charge in [-0.2, -0.15) is 0 Å². The molecule has 2 unspecified atom stereocenters. The Labute approximate surface area is 415 Å². The fraction of sp³-hybridized carbons (Fsp3) is 0.576. The van der Waals surface area contributed by atoms with Crippen LogP contribution in [0.1, 0.15) is 143 Å². The van der Waals surface area contributed by atoms with Crippen LogP contribution in [0.5, 0.6) is 0 Å². The van der Waals surface area contributed by atoms with Gasteiger partial charge < -0.3 is 29.7 Å². The first kappa shape index (κ1) is 60.3. The Balaban J connectivity index is 2.82. The van der Waals surface area contributed by atoms with Crippen molar-refractivity contribution in [1.29, 1.82) is 0 Å². The van der Waals surface area contributed by atoms with Gasteiger partial charge in [0.2, 0.25) is 5.91 Å². The van der Waals surface area contributed by atoms with E-state index in [0.717, 1.165) is 44.9 Å². The molecule has 1 aliphatic heterocycles. The van der Waals surface area contributed by atoms with E-state index in [1.165, 1.54) is 57.8 Å². The number of rotatable bonds is 29. The van der Waals surface area contributed by atoms with Gasteiger partial charge in [-0.25, -0.2) is 0 Å². The molecule has 1 aliphatic rings. The number of aliphatic hydroxyl groups is 2. The summed E-state index contributed by atoms with van der Waals surface area (Å²) in [5.74, 6) is 57.5. The minimum absolute atomic E-state index is 0.0241. The van der Waals surface area contributed by atoms with Gasteiger partial charge in [0.15, 0.2) is 6.29 Å². The SMILES string of the molecule is C#CC#CC#CC#CC#CC#CC#CC#CC#CC#CC#CC#CCC(=O)N[C@@H](CO[C@H]1OC(COCCCCCCN=[N+]=[N-])[C@H](C)[C@H](C)C1C)[C@H](O)[C@H](O)CCCCCCCCCCCCCC. The van der Waals surface area contributed by atoms with Crippen LogP contribution >= 0.6 is 0 Å². The molecule has 0 aromatic heterocycles. The highest BCUT2D eigenvalue weighted by Crippen LogP contribution is 2.36. The molecule has 0 aromatic rings. The maximum absolute atomic E-state index is 13.1. The van der Waals surface area contributed by atoms with Crippen LogP contribution in [0.15, 0.2) is 5.11 Å². The van der Waals surface area contributed by atoms with Gasteiger partial charge in [-0.15, -0.1) is 6.42 Å². The Morgan fingerprint density at radius 2 is 1.12 bits per heavy atom. The first-order chi connectivity index (χ1) is 33.8. The number of aliphatic hydroxyl groups excluding tert-OH is 2. The lowest BCUT2D eigenvalue weighted by Crippen LogP contribution is -2.53. The van der Waals surface area contributed by atoms with Gasteiger partial charge in [0.25, 0.3) is 0 Å². The van der Waals surface area contributed by atoms with Crippen LogP contribution in [0.4, 0.5) is 0 Å². The predicted octanol–water partition coefficient (Wildman–Crippen LogP) is 7.88. The quantitative estimate of drug-likeness (QED) is 0.0229. The van der Waals surface area contributed by atoms with E-state index in [1.807, 2.05) is 0 Å². The Morgan fingerprint density at radius 1 is 0.652 bits per heavy atom. The zero-order valence-electron chi connectivity index (χ0n) is 41.1. The third-order valence-electron chi connectivity index (χ3n) is 11.2. The summed E-state index contributed by atoms with van der Waals surface area (Å²) in [5.41, 5.74) is 8.44. The molecule has 1 saturated heterocycles. The van der Waals surface area contributed by atoms with Crippen LogP contribution < -0.4 is 5.32 Å². The molecule has 0 bridgehead atoms.